The van der Waals surface area contributed by atoms with Gasteiger partial charge in [0.25, 0.3) is 0 Å². The first-order valence-corrected chi connectivity index (χ1v) is 5.13. The predicted octanol–water partition coefficient (Wildman–Crippen LogP) is 2.35. The van der Waals surface area contributed by atoms with E-state index in [1.807, 2.05) is 17.4 Å². The number of hydrogen-bond donors (Lipinski definition) is 0. The van der Waals surface area contributed by atoms with Crippen LogP contribution in [-0.4, -0.2) is 24.1 Å². The quantitative estimate of drug-likeness (QED) is 0.405. The largest absolute Gasteiger partial charge is 0.225 e. The molecule has 74 valence electrons. The van der Waals surface area contributed by atoms with Crippen LogP contribution in [0.15, 0.2) is 28.2 Å². The van der Waals surface area contributed by atoms with Crippen molar-refractivity contribution in [3.05, 3.63) is 23.8 Å². The third-order valence-corrected chi connectivity index (χ3v) is 2.74. The van der Waals surface area contributed by atoms with Crippen molar-refractivity contribution >= 4 is 18.9 Å². The van der Waals surface area contributed by atoms with Crippen LogP contribution in [0.3, 0.4) is 0 Å². The highest BCUT2D eigenvalue weighted by Crippen LogP contribution is 2.23. The summed E-state index contributed by atoms with van der Waals surface area (Å²) in [7, 11) is 1.92. The molecule has 0 aromatic rings. The van der Waals surface area contributed by atoms with Crippen LogP contribution < -0.4 is 0 Å². The second-order valence-electron chi connectivity index (χ2n) is 2.99. The molecule has 0 aromatic heterocycles. The molecule has 0 radical (unpaired) electrons. The van der Waals surface area contributed by atoms with E-state index in [4.69, 9.17) is 5.26 Å². The molecule has 0 spiro atoms. The fraction of sp³-hybridized carbons (Fsp3) is 0.400. The van der Waals surface area contributed by atoms with Crippen molar-refractivity contribution in [3.8, 4) is 6.07 Å². The maximum absolute atomic E-state index is 8.98. The molecule has 1 rings (SSSR count). The van der Waals surface area contributed by atoms with Gasteiger partial charge in [0, 0.05) is 12.3 Å². The lowest BCUT2D eigenvalue weighted by molar-refractivity contribution is 0.469. The molecule has 4 heteroatoms. The van der Waals surface area contributed by atoms with Gasteiger partial charge in [0.2, 0.25) is 0 Å². The molecule has 0 fully saturated rings. The van der Waals surface area contributed by atoms with Gasteiger partial charge in [0.15, 0.2) is 0 Å². The third kappa shape index (κ3) is 2.72. The van der Waals surface area contributed by atoms with E-state index in [9.17, 15) is 0 Å². The molecule has 0 heterocycles. The first kappa shape index (κ1) is 11.0. The summed E-state index contributed by atoms with van der Waals surface area (Å²) in [6.45, 7) is 3.42. The summed E-state index contributed by atoms with van der Waals surface area (Å²) in [6.07, 6.45) is 7.86. The Hall–Kier alpha value is -1.05. The van der Waals surface area contributed by atoms with E-state index in [0.29, 0.717) is 0 Å². The summed E-state index contributed by atoms with van der Waals surface area (Å²) in [5.41, 5.74) is 0.814. The van der Waals surface area contributed by atoms with Crippen LogP contribution in [-0.2, 0) is 0 Å². The lowest BCUT2D eigenvalue weighted by Crippen LogP contribution is -2.26. The Kier molecular flexibility index (Phi) is 4.44. The van der Waals surface area contributed by atoms with Crippen LogP contribution >= 0.6 is 12.1 Å². The Balaban J connectivity index is 2.77. The Bertz CT molecular complexity index is 301. The number of nitrogens with zero attached hydrogens (tertiary/aromatic N) is 3. The van der Waals surface area contributed by atoms with Crippen LogP contribution in [0.5, 0.6) is 0 Å². The van der Waals surface area contributed by atoms with Gasteiger partial charge in [-0.2, -0.15) is 5.26 Å². The molecule has 14 heavy (non-hydrogen) atoms. The van der Waals surface area contributed by atoms with E-state index >= 15 is 0 Å². The molecule has 1 aliphatic rings. The Morgan fingerprint density at radius 3 is 3.14 bits per heavy atom. The second-order valence-corrected chi connectivity index (χ2v) is 3.98. The van der Waals surface area contributed by atoms with Crippen LogP contribution in [0.1, 0.15) is 12.8 Å². The Labute approximate surface area is 89.1 Å². The Morgan fingerprint density at radius 2 is 2.50 bits per heavy atom. The van der Waals surface area contributed by atoms with Crippen LogP contribution in [0.25, 0.3) is 0 Å². The summed E-state index contributed by atoms with van der Waals surface area (Å²) < 4.78 is 5.70. The SMILES string of the molecule is C=NSN(C)C1CC=CCC=C1C#N. The molecule has 3 nitrogen and oxygen atoms in total. The zero-order chi connectivity index (χ0) is 10.4. The van der Waals surface area contributed by atoms with Crippen LogP contribution in [0.2, 0.25) is 0 Å². The number of likely N-dealkylation sites (N-methyl/N-ethyl adjacent to an activating group) is 1. The van der Waals surface area contributed by atoms with Crippen molar-refractivity contribution in [3.63, 3.8) is 0 Å². The summed E-state index contributed by atoms with van der Waals surface area (Å²) in [4.78, 5) is 0. The van der Waals surface area contributed by atoms with Gasteiger partial charge in [0.05, 0.1) is 24.2 Å². The molecule has 0 saturated carbocycles. The van der Waals surface area contributed by atoms with E-state index in [0.717, 1.165) is 18.4 Å². The van der Waals surface area contributed by atoms with Gasteiger partial charge in [-0.25, -0.2) is 8.70 Å². The molecule has 0 amide bonds. The van der Waals surface area contributed by atoms with Crippen LogP contribution in [0.4, 0.5) is 0 Å². The lowest BCUT2D eigenvalue weighted by Gasteiger charge is -2.22. The predicted molar refractivity (Wildman–Crippen MR) is 60.8 cm³/mol. The van der Waals surface area contributed by atoms with E-state index in [2.05, 4.69) is 29.3 Å². The van der Waals surface area contributed by atoms with Gasteiger partial charge in [-0.3, -0.25) is 0 Å². The fourth-order valence-corrected chi connectivity index (χ4v) is 1.89. The third-order valence-electron chi connectivity index (χ3n) is 2.11. The molecule has 1 atom stereocenters. The normalized spacial score (nSPS) is 21.2. The molecule has 1 aliphatic carbocycles. The topological polar surface area (TPSA) is 39.4 Å². The monoisotopic (exact) mass is 207 g/mol. The summed E-state index contributed by atoms with van der Waals surface area (Å²) in [5.74, 6) is 0. The molecule has 0 N–H and O–H groups in total. The van der Waals surface area contributed by atoms with Gasteiger partial charge in [0.1, 0.15) is 0 Å². The van der Waals surface area contributed by atoms with Crippen molar-refractivity contribution in [1.82, 2.24) is 4.31 Å². The van der Waals surface area contributed by atoms with E-state index < -0.39 is 0 Å². The van der Waals surface area contributed by atoms with Crippen molar-refractivity contribution in [1.29, 1.82) is 5.26 Å². The summed E-state index contributed by atoms with van der Waals surface area (Å²) in [5, 5.41) is 8.98. The zero-order valence-corrected chi connectivity index (χ0v) is 9.00. The van der Waals surface area contributed by atoms with Crippen molar-refractivity contribution in [2.45, 2.75) is 18.9 Å². The molecule has 0 aromatic carbocycles. The highest BCUT2D eigenvalue weighted by atomic mass is 32.2. The first-order chi connectivity index (χ1) is 6.79. The highest BCUT2D eigenvalue weighted by molar-refractivity contribution is 7.95. The van der Waals surface area contributed by atoms with Crippen molar-refractivity contribution in [2.24, 2.45) is 4.40 Å². The number of nitriles is 1. The second kappa shape index (κ2) is 5.63. The first-order valence-electron chi connectivity index (χ1n) is 4.40. The minimum atomic E-state index is 0.120. The zero-order valence-electron chi connectivity index (χ0n) is 8.18. The molecule has 0 saturated heterocycles. The number of hydrogen-bond acceptors (Lipinski definition) is 4. The van der Waals surface area contributed by atoms with Gasteiger partial charge in [-0.05, 0) is 19.9 Å². The maximum atomic E-state index is 8.98. The van der Waals surface area contributed by atoms with Gasteiger partial charge >= 0.3 is 0 Å². The average molecular weight is 207 g/mol. The number of rotatable bonds is 3. The standard InChI is InChI=1S/C10H13N3S/c1-12-14-13(2)10-7-5-3-4-6-9(10)8-11/h3,5-6,10H,1,4,7H2,2H3. The summed E-state index contributed by atoms with van der Waals surface area (Å²) in [6, 6.07) is 2.36. The van der Waals surface area contributed by atoms with Gasteiger partial charge < -0.3 is 0 Å². The minimum absolute atomic E-state index is 0.120. The fourth-order valence-electron chi connectivity index (χ4n) is 1.39. The molecular formula is C10H13N3S. The minimum Gasteiger partial charge on any atom is -0.225 e. The van der Waals surface area contributed by atoms with E-state index in [1.165, 1.54) is 12.1 Å². The van der Waals surface area contributed by atoms with Crippen molar-refractivity contribution < 1.29 is 0 Å². The highest BCUT2D eigenvalue weighted by Gasteiger charge is 2.19. The van der Waals surface area contributed by atoms with E-state index in [-0.39, 0.29) is 6.04 Å². The number of allylic oxidation sites excluding steroid dienone is 2. The van der Waals surface area contributed by atoms with Crippen molar-refractivity contribution in [2.75, 3.05) is 7.05 Å². The average Bonchev–Trinajstić information content (AvgIpc) is 2.42. The smallest absolute Gasteiger partial charge is 0.0961 e. The lowest BCUT2D eigenvalue weighted by atomic mass is 10.1. The van der Waals surface area contributed by atoms with Gasteiger partial charge in [-0.1, -0.05) is 18.2 Å². The van der Waals surface area contributed by atoms with Gasteiger partial charge in [-0.15, -0.1) is 0 Å². The molecular weight excluding hydrogens is 194 g/mol. The van der Waals surface area contributed by atoms with Crippen LogP contribution in [0, 0.1) is 11.3 Å². The maximum Gasteiger partial charge on any atom is 0.0961 e. The molecule has 1 unspecified atom stereocenters. The molecule has 0 aliphatic heterocycles. The molecule has 0 bridgehead atoms. The summed E-state index contributed by atoms with van der Waals surface area (Å²) >= 11 is 1.29. The Morgan fingerprint density at radius 1 is 1.71 bits per heavy atom. The van der Waals surface area contributed by atoms with E-state index in [1.54, 1.807) is 0 Å².